The summed E-state index contributed by atoms with van der Waals surface area (Å²) in [5.74, 6) is 0.338. The van der Waals surface area contributed by atoms with Gasteiger partial charge in [0.15, 0.2) is 0 Å². The van der Waals surface area contributed by atoms with Gasteiger partial charge in [0.1, 0.15) is 12.4 Å². The lowest BCUT2D eigenvalue weighted by atomic mass is 10.1. The number of aromatic nitrogens is 1. The van der Waals surface area contributed by atoms with Gasteiger partial charge in [0.25, 0.3) is 0 Å². The Bertz CT molecular complexity index is 1420. The zero-order chi connectivity index (χ0) is 22.1. The van der Waals surface area contributed by atoms with Crippen LogP contribution in [0, 0.1) is 6.07 Å². The molecule has 0 aliphatic rings. The summed E-state index contributed by atoms with van der Waals surface area (Å²) in [5, 5.41) is 2.18. The maximum Gasteiger partial charge on any atom is 0.249 e. The van der Waals surface area contributed by atoms with Crippen molar-refractivity contribution in [3.63, 3.8) is 0 Å². The van der Waals surface area contributed by atoms with E-state index in [1.807, 2.05) is 72.8 Å². The highest BCUT2D eigenvalue weighted by molar-refractivity contribution is 6.36. The van der Waals surface area contributed by atoms with Crippen LogP contribution in [-0.4, -0.2) is 10.5 Å². The fourth-order valence-corrected chi connectivity index (χ4v) is 4.31. The van der Waals surface area contributed by atoms with Crippen LogP contribution in [0.25, 0.3) is 21.8 Å². The van der Waals surface area contributed by atoms with Gasteiger partial charge in [0, 0.05) is 22.9 Å². The van der Waals surface area contributed by atoms with Crippen LogP contribution in [0.3, 0.4) is 0 Å². The Morgan fingerprint density at radius 3 is 2.47 bits per heavy atom. The summed E-state index contributed by atoms with van der Waals surface area (Å²) in [6.07, 6.45) is 0. The van der Waals surface area contributed by atoms with Gasteiger partial charge >= 0.3 is 0 Å². The van der Waals surface area contributed by atoms with Gasteiger partial charge in [-0.25, -0.2) is 0 Å². The van der Waals surface area contributed by atoms with E-state index in [9.17, 15) is 4.79 Å². The molecule has 5 aromatic rings. The molecule has 0 saturated carbocycles. The van der Waals surface area contributed by atoms with E-state index in [0.29, 0.717) is 23.7 Å². The Morgan fingerprint density at radius 1 is 0.938 bits per heavy atom. The van der Waals surface area contributed by atoms with Gasteiger partial charge in [-0.2, -0.15) is 0 Å². The average Bonchev–Trinajstić information content (AvgIpc) is 3.14. The summed E-state index contributed by atoms with van der Waals surface area (Å²) in [4.78, 5) is 12.1. The number of carbonyl (C=O) groups is 1. The van der Waals surface area contributed by atoms with E-state index in [1.165, 1.54) is 0 Å². The molecular weight excluding hydrogens is 420 g/mol. The molecule has 0 aliphatic carbocycles. The Balaban J connectivity index is 1.50. The number of nitrogens with zero attached hydrogens (tertiary/aromatic N) is 1. The summed E-state index contributed by atoms with van der Waals surface area (Å²) < 4.78 is 8.01. The lowest BCUT2D eigenvalue weighted by molar-refractivity contribution is 0.100. The molecule has 1 amide bonds. The van der Waals surface area contributed by atoms with E-state index in [0.717, 1.165) is 38.7 Å². The van der Waals surface area contributed by atoms with Gasteiger partial charge in [0.05, 0.1) is 16.1 Å². The molecule has 1 radical (unpaired) electrons. The summed E-state index contributed by atoms with van der Waals surface area (Å²) >= 11 is 6.58. The molecule has 5 heteroatoms. The first-order valence-corrected chi connectivity index (χ1v) is 10.7. The van der Waals surface area contributed by atoms with Crippen LogP contribution in [0.4, 0.5) is 0 Å². The van der Waals surface area contributed by atoms with Crippen LogP contribution in [0.15, 0.2) is 84.9 Å². The minimum atomic E-state index is -0.469. The molecule has 4 aromatic carbocycles. The molecule has 0 aliphatic heterocycles. The number of rotatable bonds is 6. The van der Waals surface area contributed by atoms with E-state index in [-0.39, 0.29) is 0 Å². The van der Waals surface area contributed by atoms with Crippen molar-refractivity contribution in [3.05, 3.63) is 113 Å². The second-order valence-electron chi connectivity index (χ2n) is 7.62. The Kier molecular flexibility index (Phi) is 5.29. The molecular formula is C27H20ClN2O2. The number of hydrogen-bond donors (Lipinski definition) is 1. The first kappa shape index (κ1) is 20.2. The van der Waals surface area contributed by atoms with Gasteiger partial charge < -0.3 is 15.0 Å². The number of benzene rings is 4. The van der Waals surface area contributed by atoms with Crippen LogP contribution in [0.1, 0.15) is 21.5 Å². The zero-order valence-electron chi connectivity index (χ0n) is 17.2. The van der Waals surface area contributed by atoms with Crippen LogP contribution in [0.2, 0.25) is 5.02 Å². The smallest absolute Gasteiger partial charge is 0.249 e. The molecule has 0 unspecified atom stereocenters. The monoisotopic (exact) mass is 439 g/mol. The van der Waals surface area contributed by atoms with Crippen LogP contribution in [0.5, 0.6) is 5.75 Å². The van der Waals surface area contributed by atoms with Crippen molar-refractivity contribution in [1.82, 2.24) is 4.57 Å². The number of amides is 1. The van der Waals surface area contributed by atoms with Crippen molar-refractivity contribution in [2.75, 3.05) is 0 Å². The SMILES string of the molecule is NC(=O)c1cccc2c1c1[c]ccc(Cl)c1n2Cc1ccc(OCc2ccccc2)cc1. The van der Waals surface area contributed by atoms with E-state index in [1.54, 1.807) is 12.1 Å². The Morgan fingerprint density at radius 2 is 1.72 bits per heavy atom. The molecule has 4 nitrogen and oxygen atoms in total. The molecule has 0 spiro atoms. The maximum atomic E-state index is 12.1. The number of ether oxygens (including phenoxy) is 1. The molecule has 1 heterocycles. The van der Waals surface area contributed by atoms with Crippen LogP contribution >= 0.6 is 11.6 Å². The third kappa shape index (κ3) is 3.70. The minimum Gasteiger partial charge on any atom is -0.489 e. The predicted molar refractivity (Wildman–Crippen MR) is 128 cm³/mol. The van der Waals surface area contributed by atoms with E-state index < -0.39 is 5.91 Å². The fraction of sp³-hybridized carbons (Fsp3) is 0.0741. The van der Waals surface area contributed by atoms with Gasteiger partial charge in [0.2, 0.25) is 5.91 Å². The van der Waals surface area contributed by atoms with Crippen molar-refractivity contribution in [2.45, 2.75) is 13.2 Å². The lowest BCUT2D eigenvalue weighted by Gasteiger charge is -2.11. The number of carbonyl (C=O) groups excluding carboxylic acids is 1. The molecule has 0 fully saturated rings. The summed E-state index contributed by atoms with van der Waals surface area (Å²) in [5.41, 5.74) is 10.1. The molecule has 157 valence electrons. The topological polar surface area (TPSA) is 57.2 Å². The fourth-order valence-electron chi connectivity index (χ4n) is 4.05. The summed E-state index contributed by atoms with van der Waals surface area (Å²) in [7, 11) is 0. The van der Waals surface area contributed by atoms with Crippen LogP contribution < -0.4 is 10.5 Å². The third-order valence-electron chi connectivity index (χ3n) is 5.55. The van der Waals surface area contributed by atoms with Gasteiger partial charge in [-0.15, -0.1) is 0 Å². The molecule has 0 saturated heterocycles. The van der Waals surface area contributed by atoms with Gasteiger partial charge in [-0.1, -0.05) is 66.2 Å². The maximum absolute atomic E-state index is 12.1. The van der Waals surface area contributed by atoms with E-state index >= 15 is 0 Å². The lowest BCUT2D eigenvalue weighted by Crippen LogP contribution is -2.11. The Labute approximate surface area is 190 Å². The largest absolute Gasteiger partial charge is 0.489 e. The van der Waals surface area contributed by atoms with Gasteiger partial charge in [-0.3, -0.25) is 4.79 Å². The molecule has 5 rings (SSSR count). The molecule has 2 N–H and O–H groups in total. The summed E-state index contributed by atoms with van der Waals surface area (Å²) in [6, 6.07) is 30.5. The standard InChI is InChI=1S/C27H20ClN2O2/c28-23-10-4-8-21-25-22(27(29)31)9-5-11-24(25)30(26(21)23)16-18-12-14-20(15-13-18)32-17-19-6-2-1-3-7-19/h1-7,9-15H,16-17H2,(H2,29,31). The quantitative estimate of drug-likeness (QED) is 0.354. The van der Waals surface area contributed by atoms with Crippen molar-refractivity contribution in [1.29, 1.82) is 0 Å². The van der Waals surface area contributed by atoms with Crippen molar-refractivity contribution in [3.8, 4) is 5.75 Å². The average molecular weight is 440 g/mol. The van der Waals surface area contributed by atoms with E-state index in [4.69, 9.17) is 22.1 Å². The van der Waals surface area contributed by atoms with E-state index in [2.05, 4.69) is 10.6 Å². The predicted octanol–water partition coefficient (Wildman–Crippen LogP) is 5.97. The first-order valence-electron chi connectivity index (χ1n) is 10.3. The summed E-state index contributed by atoms with van der Waals surface area (Å²) in [6.45, 7) is 1.10. The van der Waals surface area contributed by atoms with Crippen molar-refractivity contribution in [2.24, 2.45) is 5.73 Å². The first-order chi connectivity index (χ1) is 15.6. The molecule has 0 bridgehead atoms. The minimum absolute atomic E-state index is 0.467. The number of primary amides is 1. The molecule has 32 heavy (non-hydrogen) atoms. The highest BCUT2D eigenvalue weighted by Gasteiger charge is 2.18. The second-order valence-corrected chi connectivity index (χ2v) is 8.02. The second kappa shape index (κ2) is 8.40. The number of halogens is 1. The molecule has 1 aromatic heterocycles. The highest BCUT2D eigenvalue weighted by atomic mass is 35.5. The number of nitrogens with two attached hydrogens (primary N) is 1. The van der Waals surface area contributed by atoms with Crippen molar-refractivity contribution < 1.29 is 9.53 Å². The number of fused-ring (bicyclic) bond motifs is 3. The van der Waals surface area contributed by atoms with Crippen LogP contribution in [-0.2, 0) is 13.2 Å². The molecule has 0 atom stereocenters. The third-order valence-corrected chi connectivity index (χ3v) is 5.86. The number of hydrogen-bond acceptors (Lipinski definition) is 2. The Hall–Kier alpha value is -3.76. The van der Waals surface area contributed by atoms with Gasteiger partial charge in [-0.05, 0) is 47.5 Å². The normalized spacial score (nSPS) is 11.2. The van der Waals surface area contributed by atoms with Crippen molar-refractivity contribution >= 4 is 39.3 Å². The zero-order valence-corrected chi connectivity index (χ0v) is 18.0. The highest BCUT2D eigenvalue weighted by Crippen LogP contribution is 2.35.